The van der Waals surface area contributed by atoms with Crippen molar-refractivity contribution < 1.29 is 19.4 Å². The number of hydrogen-bond acceptors (Lipinski definition) is 4. The third-order valence-corrected chi connectivity index (χ3v) is 3.03. The van der Waals surface area contributed by atoms with Gasteiger partial charge in [0.2, 0.25) is 5.91 Å². The van der Waals surface area contributed by atoms with Gasteiger partial charge in [-0.3, -0.25) is 9.59 Å². The van der Waals surface area contributed by atoms with E-state index in [1.165, 1.54) is 7.11 Å². The third-order valence-electron chi connectivity index (χ3n) is 3.03. The lowest BCUT2D eigenvalue weighted by molar-refractivity contribution is -0.141. The minimum atomic E-state index is -0.381. The molecule has 18 heavy (non-hydrogen) atoms. The number of phenolic OH excluding ortho intramolecular Hbond substituents is 1. The second-order valence-corrected chi connectivity index (χ2v) is 4.18. The van der Waals surface area contributed by atoms with Crippen LogP contribution in [0.3, 0.4) is 0 Å². The van der Waals surface area contributed by atoms with Gasteiger partial charge in [-0.15, -0.1) is 0 Å². The summed E-state index contributed by atoms with van der Waals surface area (Å²) in [7, 11) is 1.31. The number of methoxy groups -OCH3 is 1. The molecule has 0 radical (unpaired) electrons. The number of nitrogens with zero attached hydrogens (tertiary/aromatic N) is 1. The van der Waals surface area contributed by atoms with Crippen molar-refractivity contribution in [1.82, 2.24) is 0 Å². The standard InChI is InChI=1S/C13H15NO4/c1-18-13(17)5-4-12(16)14-7-6-9-8-10(15)2-3-11(9)14/h2-3,8,15H,4-7H2,1H3. The molecule has 1 amide bonds. The summed E-state index contributed by atoms with van der Waals surface area (Å²) in [5, 5.41) is 9.36. The van der Waals surface area contributed by atoms with Gasteiger partial charge in [-0.25, -0.2) is 0 Å². The van der Waals surface area contributed by atoms with Gasteiger partial charge >= 0.3 is 5.97 Å². The van der Waals surface area contributed by atoms with Gasteiger partial charge in [-0.1, -0.05) is 0 Å². The van der Waals surface area contributed by atoms with Crippen molar-refractivity contribution in [3.63, 3.8) is 0 Å². The number of fused-ring (bicyclic) bond motifs is 1. The maximum absolute atomic E-state index is 12.0. The fourth-order valence-corrected chi connectivity index (χ4v) is 2.09. The zero-order valence-electron chi connectivity index (χ0n) is 10.2. The van der Waals surface area contributed by atoms with Crippen LogP contribution >= 0.6 is 0 Å². The molecule has 0 fully saturated rings. The van der Waals surface area contributed by atoms with Gasteiger partial charge in [0.1, 0.15) is 5.75 Å². The Hall–Kier alpha value is -2.04. The average Bonchev–Trinajstić information content (AvgIpc) is 2.78. The van der Waals surface area contributed by atoms with Crippen LogP contribution in [0.4, 0.5) is 5.69 Å². The lowest BCUT2D eigenvalue weighted by Gasteiger charge is -2.16. The molecular weight excluding hydrogens is 234 g/mol. The lowest BCUT2D eigenvalue weighted by atomic mass is 10.1. The SMILES string of the molecule is COC(=O)CCC(=O)N1CCc2cc(O)ccc21. The Morgan fingerprint density at radius 2 is 2.17 bits per heavy atom. The summed E-state index contributed by atoms with van der Waals surface area (Å²) >= 11 is 0. The normalized spacial score (nSPS) is 13.3. The largest absolute Gasteiger partial charge is 0.508 e. The molecule has 2 rings (SSSR count). The minimum absolute atomic E-state index is 0.0927. The molecule has 1 aliphatic heterocycles. The van der Waals surface area contributed by atoms with Gasteiger partial charge in [-0.05, 0) is 30.2 Å². The van der Waals surface area contributed by atoms with Crippen LogP contribution < -0.4 is 4.90 Å². The molecule has 0 spiro atoms. The summed E-state index contributed by atoms with van der Waals surface area (Å²) < 4.78 is 4.51. The molecule has 1 aliphatic rings. The quantitative estimate of drug-likeness (QED) is 0.818. The van der Waals surface area contributed by atoms with E-state index in [0.717, 1.165) is 17.7 Å². The first-order valence-electron chi connectivity index (χ1n) is 5.81. The van der Waals surface area contributed by atoms with Crippen molar-refractivity contribution in [1.29, 1.82) is 0 Å². The number of aromatic hydroxyl groups is 1. The highest BCUT2D eigenvalue weighted by atomic mass is 16.5. The van der Waals surface area contributed by atoms with Gasteiger partial charge in [0.05, 0.1) is 13.5 Å². The van der Waals surface area contributed by atoms with E-state index in [1.54, 1.807) is 23.1 Å². The molecule has 0 bridgehead atoms. The Balaban J connectivity index is 2.04. The Morgan fingerprint density at radius 3 is 2.89 bits per heavy atom. The molecule has 5 nitrogen and oxygen atoms in total. The molecule has 0 aliphatic carbocycles. The van der Waals surface area contributed by atoms with E-state index in [0.29, 0.717) is 6.54 Å². The maximum atomic E-state index is 12.0. The summed E-state index contributed by atoms with van der Waals surface area (Å²) in [5.74, 6) is -0.268. The highest BCUT2D eigenvalue weighted by Gasteiger charge is 2.24. The first-order chi connectivity index (χ1) is 8.61. The smallest absolute Gasteiger partial charge is 0.306 e. The first kappa shape index (κ1) is 12.4. The van der Waals surface area contributed by atoms with E-state index in [9.17, 15) is 14.7 Å². The second-order valence-electron chi connectivity index (χ2n) is 4.18. The summed E-state index contributed by atoms with van der Waals surface area (Å²) in [6.45, 7) is 0.596. The monoisotopic (exact) mass is 249 g/mol. The fraction of sp³-hybridized carbons (Fsp3) is 0.385. The average molecular weight is 249 g/mol. The number of rotatable bonds is 3. The summed E-state index contributed by atoms with van der Waals surface area (Å²) in [5.41, 5.74) is 1.78. The van der Waals surface area contributed by atoms with Crippen molar-refractivity contribution in [2.45, 2.75) is 19.3 Å². The molecule has 0 unspecified atom stereocenters. The van der Waals surface area contributed by atoms with E-state index in [2.05, 4.69) is 4.74 Å². The molecule has 1 aromatic carbocycles. The fourth-order valence-electron chi connectivity index (χ4n) is 2.09. The van der Waals surface area contributed by atoms with Gasteiger partial charge < -0.3 is 14.7 Å². The van der Waals surface area contributed by atoms with Crippen molar-refractivity contribution in [3.8, 4) is 5.75 Å². The van der Waals surface area contributed by atoms with Gasteiger partial charge in [0.25, 0.3) is 0 Å². The van der Waals surface area contributed by atoms with Crippen LogP contribution in [0.2, 0.25) is 0 Å². The van der Waals surface area contributed by atoms with E-state index >= 15 is 0 Å². The molecule has 0 saturated carbocycles. The third kappa shape index (κ3) is 2.45. The Morgan fingerprint density at radius 1 is 1.39 bits per heavy atom. The number of carbonyl (C=O) groups excluding carboxylic acids is 2. The predicted octanol–water partition coefficient (Wildman–Crippen LogP) is 1.23. The first-order valence-corrected chi connectivity index (χ1v) is 5.81. The number of amides is 1. The maximum Gasteiger partial charge on any atom is 0.306 e. The number of ether oxygens (including phenoxy) is 1. The summed E-state index contributed by atoms with van der Waals surface area (Å²) in [6.07, 6.45) is 0.972. The van der Waals surface area contributed by atoms with Gasteiger partial charge in [-0.2, -0.15) is 0 Å². The molecule has 5 heteroatoms. The number of anilines is 1. The van der Waals surface area contributed by atoms with Crippen LogP contribution in [0.15, 0.2) is 18.2 Å². The summed E-state index contributed by atoms with van der Waals surface area (Å²) in [4.78, 5) is 24.6. The molecule has 1 heterocycles. The van der Waals surface area contributed by atoms with Crippen LogP contribution in [-0.4, -0.2) is 30.6 Å². The number of phenols is 1. The Bertz CT molecular complexity index is 484. The highest BCUT2D eigenvalue weighted by molar-refractivity contribution is 5.96. The minimum Gasteiger partial charge on any atom is -0.508 e. The highest BCUT2D eigenvalue weighted by Crippen LogP contribution is 2.31. The van der Waals surface area contributed by atoms with Crippen LogP contribution in [0.5, 0.6) is 5.75 Å². The van der Waals surface area contributed by atoms with Crippen molar-refractivity contribution in [3.05, 3.63) is 23.8 Å². The second kappa shape index (κ2) is 5.08. The molecule has 1 N–H and O–H groups in total. The zero-order chi connectivity index (χ0) is 13.1. The van der Waals surface area contributed by atoms with Crippen LogP contribution in [0.1, 0.15) is 18.4 Å². The number of esters is 1. The molecule has 0 aromatic heterocycles. The lowest BCUT2D eigenvalue weighted by Crippen LogP contribution is -2.29. The molecule has 1 aromatic rings. The predicted molar refractivity (Wildman–Crippen MR) is 65.4 cm³/mol. The zero-order valence-corrected chi connectivity index (χ0v) is 10.2. The Labute approximate surface area is 105 Å². The van der Waals surface area contributed by atoms with Crippen molar-refractivity contribution in [2.75, 3.05) is 18.6 Å². The van der Waals surface area contributed by atoms with Crippen molar-refractivity contribution in [2.24, 2.45) is 0 Å². The molecule has 0 saturated heterocycles. The molecule has 0 atom stereocenters. The van der Waals surface area contributed by atoms with Crippen molar-refractivity contribution >= 4 is 17.6 Å². The van der Waals surface area contributed by atoms with Gasteiger partial charge in [0.15, 0.2) is 0 Å². The molecular formula is C13H15NO4. The number of hydrogen-bond donors (Lipinski definition) is 1. The molecule has 96 valence electrons. The summed E-state index contributed by atoms with van der Waals surface area (Å²) in [6, 6.07) is 4.96. The number of carbonyl (C=O) groups is 2. The number of benzene rings is 1. The topological polar surface area (TPSA) is 66.8 Å². The van der Waals surface area contributed by atoms with E-state index in [1.807, 2.05) is 0 Å². The van der Waals surface area contributed by atoms with Crippen LogP contribution in [0, 0.1) is 0 Å². The van der Waals surface area contributed by atoms with E-state index in [-0.39, 0.29) is 30.5 Å². The van der Waals surface area contributed by atoms with E-state index < -0.39 is 0 Å². The Kier molecular flexibility index (Phi) is 3.50. The van der Waals surface area contributed by atoms with E-state index in [4.69, 9.17) is 0 Å². The van der Waals surface area contributed by atoms with Crippen LogP contribution in [0.25, 0.3) is 0 Å². The van der Waals surface area contributed by atoms with Gasteiger partial charge in [0, 0.05) is 18.7 Å². The van der Waals surface area contributed by atoms with Crippen LogP contribution in [-0.2, 0) is 20.7 Å².